The predicted molar refractivity (Wildman–Crippen MR) is 125 cm³/mol. The molecule has 0 spiro atoms. The van der Waals surface area contributed by atoms with Gasteiger partial charge in [0.15, 0.2) is 0 Å². The topological polar surface area (TPSA) is 83.8 Å². The van der Waals surface area contributed by atoms with Gasteiger partial charge in [-0.1, -0.05) is 19.3 Å². The Morgan fingerprint density at radius 2 is 1.84 bits per heavy atom. The quantitative estimate of drug-likeness (QED) is 0.502. The second-order valence-corrected chi connectivity index (χ2v) is 9.21. The molecular formula is C24H30N8. The summed E-state index contributed by atoms with van der Waals surface area (Å²) in [6.07, 6.45) is 13.5. The third-order valence-corrected chi connectivity index (χ3v) is 7.01. The average molecular weight is 431 g/mol. The van der Waals surface area contributed by atoms with Crippen molar-refractivity contribution in [1.29, 1.82) is 0 Å². The molecule has 0 amide bonds. The van der Waals surface area contributed by atoms with Gasteiger partial charge in [-0.2, -0.15) is 5.10 Å². The summed E-state index contributed by atoms with van der Waals surface area (Å²) in [6.45, 7) is 5.06. The number of nitrogens with zero attached hydrogens (tertiary/aromatic N) is 6. The lowest BCUT2D eigenvalue weighted by Crippen LogP contribution is -2.43. The number of fused-ring (bicyclic) bond motifs is 3. The molecule has 166 valence electrons. The summed E-state index contributed by atoms with van der Waals surface area (Å²) < 4.78 is 2.19. The third-order valence-electron chi connectivity index (χ3n) is 7.01. The van der Waals surface area contributed by atoms with E-state index in [0.29, 0.717) is 5.95 Å². The van der Waals surface area contributed by atoms with Crippen LogP contribution in [-0.2, 0) is 13.0 Å². The van der Waals surface area contributed by atoms with Crippen molar-refractivity contribution in [2.45, 2.75) is 45.1 Å². The van der Waals surface area contributed by atoms with Gasteiger partial charge < -0.3 is 15.5 Å². The van der Waals surface area contributed by atoms with Gasteiger partial charge in [0.1, 0.15) is 5.82 Å². The number of piperazine rings is 1. The molecule has 3 aromatic heterocycles. The van der Waals surface area contributed by atoms with Gasteiger partial charge in [0.25, 0.3) is 0 Å². The maximum atomic E-state index is 4.89. The van der Waals surface area contributed by atoms with E-state index in [4.69, 9.17) is 10.1 Å². The Bertz CT molecular complexity index is 1080. The molecule has 3 aliphatic rings. The van der Waals surface area contributed by atoms with Crippen molar-refractivity contribution in [2.24, 2.45) is 5.92 Å². The average Bonchev–Trinajstić information content (AvgIpc) is 3.40. The van der Waals surface area contributed by atoms with Crippen LogP contribution in [0.3, 0.4) is 0 Å². The third kappa shape index (κ3) is 3.83. The highest BCUT2D eigenvalue weighted by molar-refractivity contribution is 5.71. The summed E-state index contributed by atoms with van der Waals surface area (Å²) in [5, 5.41) is 11.4. The second-order valence-electron chi connectivity index (χ2n) is 9.21. The van der Waals surface area contributed by atoms with Crippen molar-refractivity contribution < 1.29 is 0 Å². The van der Waals surface area contributed by atoms with Gasteiger partial charge >= 0.3 is 0 Å². The van der Waals surface area contributed by atoms with Crippen molar-refractivity contribution in [3.05, 3.63) is 41.9 Å². The van der Waals surface area contributed by atoms with E-state index in [2.05, 4.69) is 36.2 Å². The Hall–Kier alpha value is -3.00. The minimum Gasteiger partial charge on any atom is -0.368 e. The van der Waals surface area contributed by atoms with Crippen LogP contribution >= 0.6 is 0 Å². The summed E-state index contributed by atoms with van der Waals surface area (Å²) in [5.74, 6) is 2.08. The molecule has 32 heavy (non-hydrogen) atoms. The lowest BCUT2D eigenvalue weighted by atomic mass is 9.89. The van der Waals surface area contributed by atoms with Gasteiger partial charge in [0, 0.05) is 56.5 Å². The number of hydrogen-bond donors (Lipinski definition) is 2. The van der Waals surface area contributed by atoms with E-state index in [9.17, 15) is 0 Å². The van der Waals surface area contributed by atoms with Crippen molar-refractivity contribution in [3.8, 4) is 11.4 Å². The number of pyridine rings is 1. The summed E-state index contributed by atoms with van der Waals surface area (Å²) in [7, 11) is 0. The molecule has 0 bridgehead atoms. The molecule has 2 fully saturated rings. The maximum Gasteiger partial charge on any atom is 0.228 e. The van der Waals surface area contributed by atoms with Crippen LogP contribution in [0.5, 0.6) is 0 Å². The van der Waals surface area contributed by atoms with E-state index in [1.807, 2.05) is 24.7 Å². The molecule has 0 atom stereocenters. The predicted octanol–water partition coefficient (Wildman–Crippen LogP) is 3.37. The van der Waals surface area contributed by atoms with Crippen molar-refractivity contribution in [3.63, 3.8) is 0 Å². The van der Waals surface area contributed by atoms with Crippen LogP contribution in [0.2, 0.25) is 0 Å². The normalized spacial score (nSPS) is 18.4. The summed E-state index contributed by atoms with van der Waals surface area (Å²) in [5.41, 5.74) is 5.80. The van der Waals surface area contributed by atoms with Crippen LogP contribution in [0.1, 0.15) is 43.2 Å². The molecule has 1 aliphatic heterocycles. The Labute approximate surface area is 188 Å². The molecule has 2 N–H and O–H groups in total. The van der Waals surface area contributed by atoms with E-state index in [1.165, 1.54) is 48.9 Å². The van der Waals surface area contributed by atoms with E-state index in [-0.39, 0.29) is 0 Å². The van der Waals surface area contributed by atoms with E-state index in [0.717, 1.165) is 62.3 Å². The second kappa shape index (κ2) is 8.50. The van der Waals surface area contributed by atoms with Gasteiger partial charge in [-0.15, -0.1) is 0 Å². The number of hydrogen-bond acceptors (Lipinski definition) is 7. The molecule has 0 aromatic carbocycles. The molecule has 3 aromatic rings. The SMILES string of the molecule is c1cc(Nc2ncc3c(n2)-c2c(cnn2CC2CCCCC2)C3)ncc1N1CCNCC1. The minimum absolute atomic E-state index is 0.587. The lowest BCUT2D eigenvalue weighted by Gasteiger charge is -2.29. The van der Waals surface area contributed by atoms with Crippen LogP contribution < -0.4 is 15.5 Å². The van der Waals surface area contributed by atoms with Gasteiger partial charge in [-0.05, 0) is 30.9 Å². The van der Waals surface area contributed by atoms with E-state index >= 15 is 0 Å². The van der Waals surface area contributed by atoms with Gasteiger partial charge in [-0.25, -0.2) is 15.0 Å². The fourth-order valence-electron chi connectivity index (χ4n) is 5.27. The fourth-order valence-corrected chi connectivity index (χ4v) is 5.27. The molecule has 0 unspecified atom stereocenters. The Morgan fingerprint density at radius 3 is 2.66 bits per heavy atom. The van der Waals surface area contributed by atoms with Gasteiger partial charge in [0.2, 0.25) is 5.95 Å². The molecule has 0 radical (unpaired) electrons. The van der Waals surface area contributed by atoms with Crippen molar-refractivity contribution >= 4 is 17.5 Å². The monoisotopic (exact) mass is 430 g/mol. The van der Waals surface area contributed by atoms with Gasteiger partial charge in [0.05, 0.1) is 29.5 Å². The largest absolute Gasteiger partial charge is 0.368 e. The Balaban J connectivity index is 1.20. The number of anilines is 3. The smallest absolute Gasteiger partial charge is 0.228 e. The molecule has 2 aliphatic carbocycles. The first-order valence-corrected chi connectivity index (χ1v) is 11.9. The fraction of sp³-hybridized carbons (Fsp3) is 0.500. The summed E-state index contributed by atoms with van der Waals surface area (Å²) >= 11 is 0. The van der Waals surface area contributed by atoms with Crippen LogP contribution in [0, 0.1) is 5.92 Å². The first-order valence-electron chi connectivity index (χ1n) is 11.9. The first-order chi connectivity index (χ1) is 15.8. The molecule has 4 heterocycles. The highest BCUT2D eigenvalue weighted by Crippen LogP contribution is 2.36. The molecular weight excluding hydrogens is 400 g/mol. The highest BCUT2D eigenvalue weighted by atomic mass is 15.3. The van der Waals surface area contributed by atoms with Crippen LogP contribution in [0.4, 0.5) is 17.5 Å². The zero-order valence-corrected chi connectivity index (χ0v) is 18.4. The number of rotatable bonds is 5. The summed E-state index contributed by atoms with van der Waals surface area (Å²) in [4.78, 5) is 16.4. The highest BCUT2D eigenvalue weighted by Gasteiger charge is 2.27. The molecule has 8 nitrogen and oxygen atoms in total. The van der Waals surface area contributed by atoms with Crippen LogP contribution in [-0.4, -0.2) is 50.9 Å². The summed E-state index contributed by atoms with van der Waals surface area (Å²) in [6, 6.07) is 4.12. The zero-order valence-electron chi connectivity index (χ0n) is 18.4. The molecule has 1 saturated heterocycles. The molecule has 1 saturated carbocycles. The van der Waals surface area contributed by atoms with Crippen LogP contribution in [0.15, 0.2) is 30.7 Å². The van der Waals surface area contributed by atoms with E-state index < -0.39 is 0 Å². The number of aromatic nitrogens is 5. The number of nitrogens with one attached hydrogen (secondary N) is 2. The van der Waals surface area contributed by atoms with Crippen LogP contribution in [0.25, 0.3) is 11.4 Å². The molecule has 8 heteroatoms. The van der Waals surface area contributed by atoms with Crippen molar-refractivity contribution in [1.82, 2.24) is 30.0 Å². The Morgan fingerprint density at radius 1 is 0.969 bits per heavy atom. The minimum atomic E-state index is 0.587. The molecule has 6 rings (SSSR count). The van der Waals surface area contributed by atoms with Gasteiger partial charge in [-0.3, -0.25) is 4.68 Å². The Kier molecular flexibility index (Phi) is 5.23. The van der Waals surface area contributed by atoms with E-state index in [1.54, 1.807) is 0 Å². The standard InChI is InChI=1S/C24H30N8/c1-2-4-17(5-3-1)16-32-23-19(14-28-32)12-18-13-27-24(30-22(18)23)29-21-7-6-20(15-26-21)31-10-8-25-9-11-31/h6-7,13-15,17,25H,1-5,8-12,16H2,(H,26,27,29,30). The zero-order chi connectivity index (χ0) is 21.3. The maximum absolute atomic E-state index is 4.89. The van der Waals surface area contributed by atoms with Crippen molar-refractivity contribution in [2.75, 3.05) is 36.4 Å². The lowest BCUT2D eigenvalue weighted by molar-refractivity contribution is 0.309. The first kappa shape index (κ1) is 19.7.